The average molecular weight is 312 g/mol. The summed E-state index contributed by atoms with van der Waals surface area (Å²) in [5, 5.41) is 3.50. The SMILES string of the molecule is CC(C)c1ccc(CCN2CCNCC2c2nccn2C)cc1. The Bertz CT molecular complexity index is 615. The molecule has 1 fully saturated rings. The third-order valence-electron chi connectivity index (χ3n) is 4.84. The zero-order chi connectivity index (χ0) is 16.2. The molecule has 124 valence electrons. The fourth-order valence-corrected chi connectivity index (χ4v) is 3.31. The Morgan fingerprint density at radius 1 is 1.26 bits per heavy atom. The first-order valence-corrected chi connectivity index (χ1v) is 8.66. The maximum atomic E-state index is 4.56. The molecule has 1 aliphatic rings. The van der Waals surface area contributed by atoms with Gasteiger partial charge in [0, 0.05) is 45.6 Å². The van der Waals surface area contributed by atoms with Crippen molar-refractivity contribution in [2.24, 2.45) is 7.05 Å². The second kappa shape index (κ2) is 7.28. The molecular weight excluding hydrogens is 284 g/mol. The number of nitrogens with zero attached hydrogens (tertiary/aromatic N) is 3. The van der Waals surface area contributed by atoms with Crippen molar-refractivity contribution in [2.45, 2.75) is 32.2 Å². The average Bonchev–Trinajstić information content (AvgIpc) is 2.99. The summed E-state index contributed by atoms with van der Waals surface area (Å²) >= 11 is 0. The van der Waals surface area contributed by atoms with E-state index >= 15 is 0 Å². The summed E-state index contributed by atoms with van der Waals surface area (Å²) < 4.78 is 2.14. The number of hydrogen-bond donors (Lipinski definition) is 1. The lowest BCUT2D eigenvalue weighted by Crippen LogP contribution is -2.47. The first-order chi connectivity index (χ1) is 11.1. The van der Waals surface area contributed by atoms with E-state index in [0.717, 1.165) is 38.4 Å². The van der Waals surface area contributed by atoms with Crippen LogP contribution in [-0.4, -0.2) is 40.6 Å². The number of hydrogen-bond acceptors (Lipinski definition) is 3. The number of rotatable bonds is 5. The molecule has 2 heterocycles. The van der Waals surface area contributed by atoms with Gasteiger partial charge in [0.15, 0.2) is 0 Å². The molecule has 1 aliphatic heterocycles. The van der Waals surface area contributed by atoms with E-state index in [-0.39, 0.29) is 0 Å². The Balaban J connectivity index is 1.64. The summed E-state index contributed by atoms with van der Waals surface area (Å²) in [6.45, 7) is 8.70. The molecular formula is C19H28N4. The van der Waals surface area contributed by atoms with E-state index in [1.165, 1.54) is 11.1 Å². The van der Waals surface area contributed by atoms with Crippen molar-refractivity contribution in [1.29, 1.82) is 0 Å². The van der Waals surface area contributed by atoms with E-state index in [0.29, 0.717) is 12.0 Å². The van der Waals surface area contributed by atoms with Crippen LogP contribution in [0.4, 0.5) is 0 Å². The predicted molar refractivity (Wildman–Crippen MR) is 94.6 cm³/mol. The van der Waals surface area contributed by atoms with Crippen LogP contribution in [0.2, 0.25) is 0 Å². The quantitative estimate of drug-likeness (QED) is 0.921. The van der Waals surface area contributed by atoms with E-state index in [2.05, 4.69) is 64.9 Å². The van der Waals surface area contributed by atoms with Gasteiger partial charge in [-0.3, -0.25) is 4.90 Å². The van der Waals surface area contributed by atoms with Gasteiger partial charge in [-0.15, -0.1) is 0 Å². The molecule has 0 radical (unpaired) electrons. The Morgan fingerprint density at radius 2 is 2.04 bits per heavy atom. The van der Waals surface area contributed by atoms with Crippen molar-refractivity contribution in [3.8, 4) is 0 Å². The Kier molecular flexibility index (Phi) is 5.13. The van der Waals surface area contributed by atoms with Gasteiger partial charge in [0.2, 0.25) is 0 Å². The topological polar surface area (TPSA) is 33.1 Å². The lowest BCUT2D eigenvalue weighted by Gasteiger charge is -2.35. The van der Waals surface area contributed by atoms with Crippen LogP contribution in [0.3, 0.4) is 0 Å². The van der Waals surface area contributed by atoms with E-state index in [1.807, 2.05) is 12.4 Å². The molecule has 0 spiro atoms. The predicted octanol–water partition coefficient (Wildman–Crippen LogP) is 2.73. The highest BCUT2D eigenvalue weighted by molar-refractivity contribution is 5.25. The molecule has 1 aromatic heterocycles. The summed E-state index contributed by atoms with van der Waals surface area (Å²) in [7, 11) is 2.08. The van der Waals surface area contributed by atoms with Crippen LogP contribution < -0.4 is 5.32 Å². The van der Waals surface area contributed by atoms with Crippen molar-refractivity contribution in [1.82, 2.24) is 19.8 Å². The summed E-state index contributed by atoms with van der Waals surface area (Å²) in [5.41, 5.74) is 2.84. The lowest BCUT2D eigenvalue weighted by molar-refractivity contribution is 0.155. The molecule has 1 N–H and O–H groups in total. The van der Waals surface area contributed by atoms with Crippen molar-refractivity contribution in [3.05, 3.63) is 53.6 Å². The highest BCUT2D eigenvalue weighted by Gasteiger charge is 2.26. The standard InChI is InChI=1S/C19H28N4/c1-15(2)17-6-4-16(5-7-17)8-11-23-13-9-20-14-18(23)19-21-10-12-22(19)3/h4-7,10,12,15,18,20H,8-9,11,13-14H2,1-3H3. The third kappa shape index (κ3) is 3.82. The maximum Gasteiger partial charge on any atom is 0.127 e. The van der Waals surface area contributed by atoms with Gasteiger partial charge in [0.05, 0.1) is 6.04 Å². The minimum absolute atomic E-state index is 0.374. The van der Waals surface area contributed by atoms with Crippen LogP contribution in [0, 0.1) is 0 Å². The zero-order valence-corrected chi connectivity index (χ0v) is 14.5. The molecule has 1 unspecified atom stereocenters. The fourth-order valence-electron chi connectivity index (χ4n) is 3.31. The molecule has 1 saturated heterocycles. The third-order valence-corrected chi connectivity index (χ3v) is 4.84. The Labute approximate surface area is 139 Å². The molecule has 0 bridgehead atoms. The van der Waals surface area contributed by atoms with Crippen molar-refractivity contribution in [3.63, 3.8) is 0 Å². The number of piperazine rings is 1. The lowest BCUT2D eigenvalue weighted by atomic mass is 10.0. The van der Waals surface area contributed by atoms with Gasteiger partial charge in [-0.25, -0.2) is 4.98 Å². The van der Waals surface area contributed by atoms with Crippen molar-refractivity contribution < 1.29 is 0 Å². The molecule has 4 heteroatoms. The number of aryl methyl sites for hydroxylation is 1. The molecule has 1 aromatic carbocycles. The van der Waals surface area contributed by atoms with Gasteiger partial charge in [-0.05, 0) is 23.5 Å². The molecule has 0 saturated carbocycles. The summed E-state index contributed by atoms with van der Waals surface area (Å²) in [5.74, 6) is 1.76. The molecule has 23 heavy (non-hydrogen) atoms. The van der Waals surface area contributed by atoms with E-state index < -0.39 is 0 Å². The second-order valence-electron chi connectivity index (χ2n) is 6.80. The first kappa shape index (κ1) is 16.2. The minimum Gasteiger partial charge on any atom is -0.337 e. The van der Waals surface area contributed by atoms with E-state index in [9.17, 15) is 0 Å². The zero-order valence-electron chi connectivity index (χ0n) is 14.5. The van der Waals surface area contributed by atoms with Crippen LogP contribution in [0.5, 0.6) is 0 Å². The van der Waals surface area contributed by atoms with Crippen LogP contribution in [-0.2, 0) is 13.5 Å². The fraction of sp³-hybridized carbons (Fsp3) is 0.526. The number of aromatic nitrogens is 2. The van der Waals surface area contributed by atoms with E-state index in [4.69, 9.17) is 0 Å². The van der Waals surface area contributed by atoms with Gasteiger partial charge in [-0.2, -0.15) is 0 Å². The first-order valence-electron chi connectivity index (χ1n) is 8.66. The Morgan fingerprint density at radius 3 is 2.70 bits per heavy atom. The van der Waals surface area contributed by atoms with Crippen LogP contribution in [0.25, 0.3) is 0 Å². The van der Waals surface area contributed by atoms with Gasteiger partial charge in [-0.1, -0.05) is 38.1 Å². The number of benzene rings is 1. The van der Waals surface area contributed by atoms with Gasteiger partial charge in [0.25, 0.3) is 0 Å². The summed E-state index contributed by atoms with van der Waals surface area (Å²) in [4.78, 5) is 7.12. The van der Waals surface area contributed by atoms with Crippen molar-refractivity contribution in [2.75, 3.05) is 26.2 Å². The van der Waals surface area contributed by atoms with Gasteiger partial charge < -0.3 is 9.88 Å². The van der Waals surface area contributed by atoms with Crippen LogP contribution in [0.1, 0.15) is 42.8 Å². The molecule has 1 atom stereocenters. The summed E-state index contributed by atoms with van der Waals surface area (Å²) in [6.07, 6.45) is 5.03. The van der Waals surface area contributed by atoms with Crippen LogP contribution in [0.15, 0.2) is 36.7 Å². The summed E-state index contributed by atoms with van der Waals surface area (Å²) in [6, 6.07) is 9.49. The second-order valence-corrected chi connectivity index (χ2v) is 6.80. The molecule has 2 aromatic rings. The highest BCUT2D eigenvalue weighted by atomic mass is 15.3. The van der Waals surface area contributed by atoms with E-state index in [1.54, 1.807) is 0 Å². The Hall–Kier alpha value is -1.65. The van der Waals surface area contributed by atoms with Gasteiger partial charge >= 0.3 is 0 Å². The highest BCUT2D eigenvalue weighted by Crippen LogP contribution is 2.21. The largest absolute Gasteiger partial charge is 0.337 e. The van der Waals surface area contributed by atoms with Crippen molar-refractivity contribution >= 4 is 0 Å². The number of nitrogens with one attached hydrogen (secondary N) is 1. The molecule has 3 rings (SSSR count). The molecule has 0 aliphatic carbocycles. The maximum absolute atomic E-state index is 4.56. The molecule has 0 amide bonds. The monoisotopic (exact) mass is 312 g/mol. The van der Waals surface area contributed by atoms with Crippen LogP contribution >= 0.6 is 0 Å². The number of imidazole rings is 1. The van der Waals surface area contributed by atoms with Gasteiger partial charge in [0.1, 0.15) is 5.82 Å². The smallest absolute Gasteiger partial charge is 0.127 e. The minimum atomic E-state index is 0.374. The molecule has 4 nitrogen and oxygen atoms in total. The normalized spacial score (nSPS) is 19.4.